The lowest BCUT2D eigenvalue weighted by molar-refractivity contribution is -0.131. The third-order valence-corrected chi connectivity index (χ3v) is 3.46. The number of carbonyl (C=O) groups is 2. The van der Waals surface area contributed by atoms with Crippen LogP contribution in [-0.2, 0) is 11.2 Å². The van der Waals surface area contributed by atoms with Crippen molar-refractivity contribution in [2.24, 2.45) is 0 Å². The van der Waals surface area contributed by atoms with Gasteiger partial charge in [0.15, 0.2) is 0 Å². The van der Waals surface area contributed by atoms with Gasteiger partial charge in [-0.25, -0.2) is 4.79 Å². The minimum atomic E-state index is -1.43. The minimum absolute atomic E-state index is 0.206. The van der Waals surface area contributed by atoms with Crippen molar-refractivity contribution in [3.8, 4) is 11.1 Å². The fraction of sp³-hybridized carbons (Fsp3) is 0.222. The second kappa shape index (κ2) is 6.35. The van der Waals surface area contributed by atoms with Crippen LogP contribution in [0.5, 0.6) is 0 Å². The van der Waals surface area contributed by atoms with E-state index in [1.807, 2.05) is 19.1 Å². The van der Waals surface area contributed by atoms with E-state index in [0.717, 1.165) is 29.5 Å². The second-order valence-electron chi connectivity index (χ2n) is 5.11. The van der Waals surface area contributed by atoms with Crippen LogP contribution in [0.2, 0.25) is 0 Å². The Morgan fingerprint density at radius 3 is 2.48 bits per heavy atom. The first-order valence-electron chi connectivity index (χ1n) is 7.00. The van der Waals surface area contributed by atoms with Gasteiger partial charge in [-0.15, -0.1) is 0 Å². The van der Waals surface area contributed by atoms with Crippen molar-refractivity contribution in [2.45, 2.75) is 26.7 Å². The standard InChI is InChI=1S/C18H18O3/c1-3-5-13-8-9-16(12(2)10-13)14-6-4-7-15(11-14)17(19)18(20)21/h4,6-11H,3,5H2,1-2H3,(H,20,21). The van der Waals surface area contributed by atoms with Crippen LogP contribution in [0.3, 0.4) is 0 Å². The third kappa shape index (κ3) is 3.37. The molecule has 2 rings (SSSR count). The molecule has 1 N–H and O–H groups in total. The zero-order chi connectivity index (χ0) is 15.4. The molecule has 108 valence electrons. The molecule has 0 fully saturated rings. The van der Waals surface area contributed by atoms with E-state index in [0.29, 0.717) is 0 Å². The molecule has 2 aromatic rings. The molecule has 21 heavy (non-hydrogen) atoms. The molecule has 0 radical (unpaired) electrons. The molecule has 0 amide bonds. The zero-order valence-electron chi connectivity index (χ0n) is 12.2. The van der Waals surface area contributed by atoms with Crippen LogP contribution in [0.25, 0.3) is 11.1 Å². The highest BCUT2D eigenvalue weighted by atomic mass is 16.4. The van der Waals surface area contributed by atoms with Crippen molar-refractivity contribution in [2.75, 3.05) is 0 Å². The van der Waals surface area contributed by atoms with E-state index in [4.69, 9.17) is 5.11 Å². The Hall–Kier alpha value is -2.42. The number of ketones is 1. The maximum absolute atomic E-state index is 11.6. The number of aryl methyl sites for hydroxylation is 2. The smallest absolute Gasteiger partial charge is 0.377 e. The molecule has 0 saturated heterocycles. The maximum Gasteiger partial charge on any atom is 0.377 e. The molecule has 0 spiro atoms. The first kappa shape index (κ1) is 15.0. The highest BCUT2D eigenvalue weighted by Gasteiger charge is 2.15. The van der Waals surface area contributed by atoms with Crippen LogP contribution in [0.4, 0.5) is 0 Å². The summed E-state index contributed by atoms with van der Waals surface area (Å²) in [6.45, 7) is 4.17. The van der Waals surface area contributed by atoms with Gasteiger partial charge in [0.1, 0.15) is 0 Å². The summed E-state index contributed by atoms with van der Waals surface area (Å²) in [6.07, 6.45) is 2.14. The molecule has 2 aromatic carbocycles. The van der Waals surface area contributed by atoms with E-state index < -0.39 is 11.8 Å². The van der Waals surface area contributed by atoms with Crippen molar-refractivity contribution < 1.29 is 14.7 Å². The largest absolute Gasteiger partial charge is 0.475 e. The van der Waals surface area contributed by atoms with Crippen molar-refractivity contribution in [1.82, 2.24) is 0 Å². The number of carboxylic acid groups (broad SMARTS) is 1. The molecular weight excluding hydrogens is 264 g/mol. The summed E-state index contributed by atoms with van der Waals surface area (Å²) in [4.78, 5) is 22.3. The molecular formula is C18H18O3. The van der Waals surface area contributed by atoms with E-state index in [1.165, 1.54) is 11.6 Å². The minimum Gasteiger partial charge on any atom is -0.475 e. The van der Waals surface area contributed by atoms with Crippen molar-refractivity contribution >= 4 is 11.8 Å². The first-order valence-corrected chi connectivity index (χ1v) is 7.00. The zero-order valence-corrected chi connectivity index (χ0v) is 12.2. The Kier molecular flexibility index (Phi) is 4.53. The number of Topliss-reactive ketones (excluding diaryl/α,β-unsaturated/α-hetero) is 1. The molecule has 0 heterocycles. The molecule has 0 aliphatic heterocycles. The number of carboxylic acids is 1. The average molecular weight is 282 g/mol. The number of hydrogen-bond donors (Lipinski definition) is 1. The fourth-order valence-corrected chi connectivity index (χ4v) is 2.45. The average Bonchev–Trinajstić information content (AvgIpc) is 2.47. The van der Waals surface area contributed by atoms with Crippen molar-refractivity contribution in [1.29, 1.82) is 0 Å². The molecule has 0 saturated carbocycles. The van der Waals surface area contributed by atoms with Crippen LogP contribution < -0.4 is 0 Å². The highest BCUT2D eigenvalue weighted by Crippen LogP contribution is 2.25. The summed E-state index contributed by atoms with van der Waals surface area (Å²) in [6, 6.07) is 13.0. The van der Waals surface area contributed by atoms with Crippen LogP contribution in [-0.4, -0.2) is 16.9 Å². The highest BCUT2D eigenvalue weighted by molar-refractivity contribution is 6.39. The lowest BCUT2D eigenvalue weighted by Crippen LogP contribution is -2.12. The Bertz CT molecular complexity index is 687. The van der Waals surface area contributed by atoms with Crippen LogP contribution in [0.1, 0.15) is 34.8 Å². The predicted octanol–water partition coefficient (Wildman–Crippen LogP) is 3.88. The van der Waals surface area contributed by atoms with Crippen LogP contribution in [0.15, 0.2) is 42.5 Å². The van der Waals surface area contributed by atoms with Crippen LogP contribution in [0, 0.1) is 6.92 Å². The topological polar surface area (TPSA) is 54.4 Å². The molecule has 0 aliphatic carbocycles. The van der Waals surface area contributed by atoms with Gasteiger partial charge in [0, 0.05) is 5.56 Å². The van der Waals surface area contributed by atoms with E-state index in [9.17, 15) is 9.59 Å². The summed E-state index contributed by atoms with van der Waals surface area (Å²) in [5, 5.41) is 8.80. The molecule has 0 bridgehead atoms. The third-order valence-electron chi connectivity index (χ3n) is 3.46. The molecule has 3 nitrogen and oxygen atoms in total. The summed E-state index contributed by atoms with van der Waals surface area (Å²) in [7, 11) is 0. The SMILES string of the molecule is CCCc1ccc(-c2cccc(C(=O)C(=O)O)c2)c(C)c1. The molecule has 0 unspecified atom stereocenters. The number of hydrogen-bond acceptors (Lipinski definition) is 2. The Labute approximate surface area is 124 Å². The molecule has 0 aromatic heterocycles. The van der Waals surface area contributed by atoms with E-state index in [2.05, 4.69) is 19.1 Å². The Morgan fingerprint density at radius 1 is 1.10 bits per heavy atom. The maximum atomic E-state index is 11.6. The molecule has 0 aliphatic rings. The molecule has 0 atom stereocenters. The van der Waals surface area contributed by atoms with Gasteiger partial charge in [0.2, 0.25) is 0 Å². The number of carbonyl (C=O) groups excluding carboxylic acids is 1. The van der Waals surface area contributed by atoms with E-state index in [-0.39, 0.29) is 5.56 Å². The van der Waals surface area contributed by atoms with Gasteiger partial charge >= 0.3 is 5.97 Å². The van der Waals surface area contributed by atoms with E-state index in [1.54, 1.807) is 12.1 Å². The predicted molar refractivity (Wildman–Crippen MR) is 82.6 cm³/mol. The van der Waals surface area contributed by atoms with Gasteiger partial charge < -0.3 is 5.11 Å². The quantitative estimate of drug-likeness (QED) is 0.668. The lowest BCUT2D eigenvalue weighted by atomic mass is 9.95. The van der Waals surface area contributed by atoms with Gasteiger partial charge in [-0.2, -0.15) is 0 Å². The number of benzene rings is 2. The summed E-state index contributed by atoms with van der Waals surface area (Å²) in [5.41, 5.74) is 4.51. The van der Waals surface area contributed by atoms with E-state index >= 15 is 0 Å². The van der Waals surface area contributed by atoms with Gasteiger partial charge in [0.05, 0.1) is 0 Å². The van der Waals surface area contributed by atoms with Gasteiger partial charge in [-0.1, -0.05) is 49.7 Å². The monoisotopic (exact) mass is 282 g/mol. The van der Waals surface area contributed by atoms with Gasteiger partial charge in [0.25, 0.3) is 5.78 Å². The van der Waals surface area contributed by atoms with Crippen LogP contribution >= 0.6 is 0 Å². The van der Waals surface area contributed by atoms with Crippen molar-refractivity contribution in [3.05, 3.63) is 59.2 Å². The first-order chi connectivity index (χ1) is 10.0. The molecule has 3 heteroatoms. The summed E-state index contributed by atoms with van der Waals surface area (Å²) >= 11 is 0. The second-order valence-corrected chi connectivity index (χ2v) is 5.11. The lowest BCUT2D eigenvalue weighted by Gasteiger charge is -2.09. The van der Waals surface area contributed by atoms with Gasteiger partial charge in [-0.05, 0) is 41.7 Å². The Morgan fingerprint density at radius 2 is 1.86 bits per heavy atom. The normalized spacial score (nSPS) is 10.4. The van der Waals surface area contributed by atoms with Crippen molar-refractivity contribution in [3.63, 3.8) is 0 Å². The fourth-order valence-electron chi connectivity index (χ4n) is 2.45. The van der Waals surface area contributed by atoms with Gasteiger partial charge in [-0.3, -0.25) is 4.79 Å². The number of aliphatic carboxylic acids is 1. The Balaban J connectivity index is 2.40. The summed E-state index contributed by atoms with van der Waals surface area (Å²) in [5.74, 6) is -2.31. The summed E-state index contributed by atoms with van der Waals surface area (Å²) < 4.78 is 0. The number of rotatable bonds is 5.